The summed E-state index contributed by atoms with van der Waals surface area (Å²) < 4.78 is 5.27. The van der Waals surface area contributed by atoms with Crippen LogP contribution in [0.3, 0.4) is 0 Å². The van der Waals surface area contributed by atoms with Gasteiger partial charge in [-0.2, -0.15) is 0 Å². The Bertz CT molecular complexity index is 353. The molecular formula is C17H30N2O. The van der Waals surface area contributed by atoms with Gasteiger partial charge in [0.25, 0.3) is 0 Å². The number of hydrogen-bond donors (Lipinski definition) is 1. The van der Waals surface area contributed by atoms with Gasteiger partial charge in [-0.3, -0.25) is 4.90 Å². The van der Waals surface area contributed by atoms with Gasteiger partial charge in [0.1, 0.15) is 0 Å². The highest BCUT2D eigenvalue weighted by molar-refractivity contribution is 5.20. The lowest BCUT2D eigenvalue weighted by Crippen LogP contribution is -2.48. The van der Waals surface area contributed by atoms with Crippen molar-refractivity contribution < 1.29 is 4.74 Å². The van der Waals surface area contributed by atoms with Crippen LogP contribution in [0.4, 0.5) is 0 Å². The molecule has 0 heterocycles. The second-order valence-electron chi connectivity index (χ2n) is 5.48. The molecule has 1 rings (SSSR count). The van der Waals surface area contributed by atoms with E-state index in [0.29, 0.717) is 18.1 Å². The molecule has 1 N–H and O–H groups in total. The van der Waals surface area contributed by atoms with E-state index in [1.807, 2.05) is 0 Å². The predicted molar refractivity (Wildman–Crippen MR) is 86.0 cm³/mol. The van der Waals surface area contributed by atoms with Gasteiger partial charge in [0.15, 0.2) is 0 Å². The molecule has 1 aromatic rings. The number of rotatable bonds is 9. The van der Waals surface area contributed by atoms with E-state index in [0.717, 1.165) is 19.6 Å². The van der Waals surface area contributed by atoms with Crippen LogP contribution in [-0.4, -0.2) is 44.3 Å². The maximum atomic E-state index is 5.27. The van der Waals surface area contributed by atoms with Crippen LogP contribution in [-0.2, 0) is 4.74 Å². The lowest BCUT2D eigenvalue weighted by atomic mass is 9.95. The van der Waals surface area contributed by atoms with Gasteiger partial charge >= 0.3 is 0 Å². The molecule has 3 nitrogen and oxygen atoms in total. The Morgan fingerprint density at radius 1 is 1.20 bits per heavy atom. The van der Waals surface area contributed by atoms with Crippen molar-refractivity contribution in [3.8, 4) is 0 Å². The third kappa shape index (κ3) is 4.58. The number of methoxy groups -OCH3 is 1. The van der Waals surface area contributed by atoms with Crippen LogP contribution >= 0.6 is 0 Å². The highest BCUT2D eigenvalue weighted by atomic mass is 16.5. The lowest BCUT2D eigenvalue weighted by molar-refractivity contribution is 0.0767. The fraction of sp³-hybridized carbons (Fsp3) is 0.647. The largest absolute Gasteiger partial charge is 0.383 e. The zero-order chi connectivity index (χ0) is 15.0. The minimum absolute atomic E-state index is 0.348. The zero-order valence-electron chi connectivity index (χ0n) is 13.6. The molecular weight excluding hydrogens is 248 g/mol. The van der Waals surface area contributed by atoms with Crippen molar-refractivity contribution in [3.63, 3.8) is 0 Å². The zero-order valence-corrected chi connectivity index (χ0v) is 13.6. The molecule has 2 atom stereocenters. The molecule has 114 valence electrons. The van der Waals surface area contributed by atoms with Crippen molar-refractivity contribution in [2.24, 2.45) is 0 Å². The molecule has 1 aromatic carbocycles. The molecule has 0 amide bonds. The Morgan fingerprint density at radius 3 is 2.30 bits per heavy atom. The predicted octanol–water partition coefficient (Wildman–Crippen LogP) is 3.08. The Morgan fingerprint density at radius 2 is 1.85 bits per heavy atom. The molecule has 0 fully saturated rings. The normalized spacial score (nSPS) is 14.8. The topological polar surface area (TPSA) is 24.5 Å². The first kappa shape index (κ1) is 17.2. The van der Waals surface area contributed by atoms with Gasteiger partial charge in [-0.05, 0) is 32.9 Å². The Kier molecular flexibility index (Phi) is 7.82. The van der Waals surface area contributed by atoms with Crippen molar-refractivity contribution in [3.05, 3.63) is 35.9 Å². The Balaban J connectivity index is 2.94. The highest BCUT2D eigenvalue weighted by Crippen LogP contribution is 2.24. The van der Waals surface area contributed by atoms with Gasteiger partial charge in [-0.1, -0.05) is 37.3 Å². The van der Waals surface area contributed by atoms with Crippen molar-refractivity contribution in [2.75, 3.05) is 27.3 Å². The van der Waals surface area contributed by atoms with E-state index in [9.17, 15) is 0 Å². The van der Waals surface area contributed by atoms with Crippen LogP contribution in [0.5, 0.6) is 0 Å². The monoisotopic (exact) mass is 278 g/mol. The number of likely N-dealkylation sites (N-methyl/N-ethyl adjacent to an activating group) is 1. The van der Waals surface area contributed by atoms with Crippen LogP contribution in [0.1, 0.15) is 38.8 Å². The molecule has 0 aliphatic heterocycles. The minimum Gasteiger partial charge on any atom is -0.383 e. The van der Waals surface area contributed by atoms with Crippen molar-refractivity contribution in [2.45, 2.75) is 45.3 Å². The summed E-state index contributed by atoms with van der Waals surface area (Å²) in [6, 6.07) is 12.0. The summed E-state index contributed by atoms with van der Waals surface area (Å²) in [4.78, 5) is 2.54. The van der Waals surface area contributed by atoms with Crippen LogP contribution in [0.2, 0.25) is 0 Å². The summed E-state index contributed by atoms with van der Waals surface area (Å²) >= 11 is 0. The number of benzene rings is 1. The molecule has 0 saturated heterocycles. The second-order valence-corrected chi connectivity index (χ2v) is 5.48. The summed E-state index contributed by atoms with van der Waals surface area (Å²) in [5.41, 5.74) is 1.35. The van der Waals surface area contributed by atoms with E-state index in [-0.39, 0.29) is 0 Å². The van der Waals surface area contributed by atoms with Crippen LogP contribution in [0.15, 0.2) is 30.3 Å². The van der Waals surface area contributed by atoms with Gasteiger partial charge in [-0.25, -0.2) is 0 Å². The fourth-order valence-corrected chi connectivity index (χ4v) is 2.91. The number of nitrogens with one attached hydrogen (secondary N) is 1. The molecule has 0 aliphatic carbocycles. The first-order valence-electron chi connectivity index (χ1n) is 7.62. The van der Waals surface area contributed by atoms with Gasteiger partial charge in [0.05, 0.1) is 6.61 Å². The average Bonchev–Trinajstić information content (AvgIpc) is 2.47. The molecule has 0 aliphatic rings. The SMILES string of the molecule is CCC(C(NC)c1ccccc1)N(CCOC)C(C)C. The van der Waals surface area contributed by atoms with E-state index in [1.54, 1.807) is 7.11 Å². The van der Waals surface area contributed by atoms with E-state index in [4.69, 9.17) is 4.74 Å². The maximum absolute atomic E-state index is 5.27. The van der Waals surface area contributed by atoms with Crippen molar-refractivity contribution in [1.82, 2.24) is 10.2 Å². The first-order chi connectivity index (χ1) is 9.65. The summed E-state index contributed by atoms with van der Waals surface area (Å²) in [6.07, 6.45) is 1.11. The summed E-state index contributed by atoms with van der Waals surface area (Å²) in [5, 5.41) is 3.50. The van der Waals surface area contributed by atoms with Gasteiger partial charge in [0.2, 0.25) is 0 Å². The molecule has 0 saturated carbocycles. The molecule has 0 radical (unpaired) electrons. The van der Waals surface area contributed by atoms with Crippen LogP contribution in [0, 0.1) is 0 Å². The van der Waals surface area contributed by atoms with Gasteiger partial charge in [0, 0.05) is 31.8 Å². The van der Waals surface area contributed by atoms with E-state index in [1.165, 1.54) is 5.56 Å². The lowest BCUT2D eigenvalue weighted by Gasteiger charge is -2.39. The maximum Gasteiger partial charge on any atom is 0.0589 e. The second kappa shape index (κ2) is 9.11. The van der Waals surface area contributed by atoms with Crippen LogP contribution in [0.25, 0.3) is 0 Å². The first-order valence-corrected chi connectivity index (χ1v) is 7.62. The third-order valence-electron chi connectivity index (χ3n) is 3.92. The molecule has 2 unspecified atom stereocenters. The third-order valence-corrected chi connectivity index (χ3v) is 3.92. The van der Waals surface area contributed by atoms with Crippen molar-refractivity contribution in [1.29, 1.82) is 0 Å². The van der Waals surface area contributed by atoms with Gasteiger partial charge in [-0.15, -0.1) is 0 Å². The average molecular weight is 278 g/mol. The summed E-state index contributed by atoms with van der Waals surface area (Å²) in [5.74, 6) is 0. The minimum atomic E-state index is 0.348. The highest BCUT2D eigenvalue weighted by Gasteiger charge is 2.27. The Labute approximate surface area is 124 Å². The number of nitrogens with zero attached hydrogens (tertiary/aromatic N) is 1. The molecule has 0 bridgehead atoms. The fourth-order valence-electron chi connectivity index (χ4n) is 2.91. The van der Waals surface area contributed by atoms with E-state index >= 15 is 0 Å². The summed E-state index contributed by atoms with van der Waals surface area (Å²) in [6.45, 7) is 8.53. The molecule has 0 aromatic heterocycles. The number of hydrogen-bond acceptors (Lipinski definition) is 3. The van der Waals surface area contributed by atoms with Crippen LogP contribution < -0.4 is 5.32 Å². The smallest absolute Gasteiger partial charge is 0.0589 e. The van der Waals surface area contributed by atoms with Gasteiger partial charge < -0.3 is 10.1 Å². The number of ether oxygens (including phenoxy) is 1. The molecule has 0 spiro atoms. The molecule has 20 heavy (non-hydrogen) atoms. The van der Waals surface area contributed by atoms with E-state index in [2.05, 4.69) is 68.4 Å². The molecule has 3 heteroatoms. The van der Waals surface area contributed by atoms with Crippen molar-refractivity contribution >= 4 is 0 Å². The standard InChI is InChI=1S/C17H30N2O/c1-6-16(19(14(2)3)12-13-20-5)17(18-4)15-10-8-7-9-11-15/h7-11,14,16-18H,6,12-13H2,1-5H3. The quantitative estimate of drug-likeness (QED) is 0.751. The summed E-state index contributed by atoms with van der Waals surface area (Å²) in [7, 11) is 3.82. The Hall–Kier alpha value is -0.900. The van der Waals surface area contributed by atoms with E-state index < -0.39 is 0 Å².